The van der Waals surface area contributed by atoms with E-state index >= 15 is 0 Å². The maximum Gasteiger partial charge on any atom is 0.337 e. The van der Waals surface area contributed by atoms with Crippen molar-refractivity contribution in [2.75, 3.05) is 21.3 Å². The third-order valence-corrected chi connectivity index (χ3v) is 14.6. The Kier molecular flexibility index (Phi) is 10.8. The fourth-order valence-electron chi connectivity index (χ4n) is 6.56. The molecule has 0 fully saturated rings. The van der Waals surface area contributed by atoms with E-state index in [4.69, 9.17) is 18.6 Å². The molecule has 1 heterocycles. The number of esters is 1. The molecular weight excluding hydrogens is 598 g/mol. The molecule has 1 aromatic heterocycles. The normalized spacial score (nSPS) is 14.9. The molecule has 0 spiro atoms. The van der Waals surface area contributed by atoms with E-state index in [9.17, 15) is 14.7 Å². The van der Waals surface area contributed by atoms with E-state index < -0.39 is 20.3 Å². The van der Waals surface area contributed by atoms with Crippen molar-refractivity contribution < 1.29 is 33.3 Å². The minimum absolute atomic E-state index is 0.0377. The number of ether oxygens (including phenoxy) is 3. The lowest BCUT2D eigenvalue weighted by Crippen LogP contribution is -2.43. The summed E-state index contributed by atoms with van der Waals surface area (Å²) in [6, 6.07) is 12.8. The van der Waals surface area contributed by atoms with Crippen LogP contribution in [0.4, 0.5) is 0 Å². The SMILES string of the molecule is COC(=O)Cc1cn(C[C@H](CC2Cc3ccccc3C2)[C@H](O[Si](C)(C)C(C)(C)C)c2cc(OC)c(C)c(OC)c2)c(C)c1C(=O)O. The van der Waals surface area contributed by atoms with Gasteiger partial charge in [0.2, 0.25) is 0 Å². The Bertz CT molecular complexity index is 1520. The van der Waals surface area contributed by atoms with Gasteiger partial charge in [-0.15, -0.1) is 0 Å². The second kappa shape index (κ2) is 14.1. The Morgan fingerprint density at radius 1 is 1.00 bits per heavy atom. The van der Waals surface area contributed by atoms with E-state index in [1.165, 1.54) is 18.2 Å². The number of rotatable bonds is 13. The minimum atomic E-state index is -2.33. The average Bonchev–Trinajstić information content (AvgIpc) is 3.54. The van der Waals surface area contributed by atoms with Crippen LogP contribution in [0.5, 0.6) is 11.5 Å². The molecule has 4 rings (SSSR count). The number of hydrogen-bond donors (Lipinski definition) is 1. The fourth-order valence-corrected chi connectivity index (χ4v) is 7.88. The van der Waals surface area contributed by atoms with Crippen molar-refractivity contribution in [2.24, 2.45) is 11.8 Å². The number of fused-ring (bicyclic) bond motifs is 1. The zero-order valence-corrected chi connectivity index (χ0v) is 30.2. The van der Waals surface area contributed by atoms with Gasteiger partial charge in [0.25, 0.3) is 0 Å². The highest BCUT2D eigenvalue weighted by Crippen LogP contribution is 2.46. The highest BCUT2D eigenvalue weighted by atomic mass is 28.4. The van der Waals surface area contributed by atoms with E-state index in [1.807, 2.05) is 24.6 Å². The minimum Gasteiger partial charge on any atom is -0.496 e. The van der Waals surface area contributed by atoms with Gasteiger partial charge >= 0.3 is 11.9 Å². The van der Waals surface area contributed by atoms with Crippen molar-refractivity contribution in [3.8, 4) is 11.5 Å². The van der Waals surface area contributed by atoms with Crippen LogP contribution in [-0.2, 0) is 39.8 Å². The van der Waals surface area contributed by atoms with E-state index in [0.717, 1.165) is 41.9 Å². The zero-order valence-electron chi connectivity index (χ0n) is 29.2. The number of methoxy groups -OCH3 is 3. The van der Waals surface area contributed by atoms with Crippen LogP contribution in [0.15, 0.2) is 42.6 Å². The molecule has 250 valence electrons. The molecule has 3 aromatic rings. The summed E-state index contributed by atoms with van der Waals surface area (Å²) in [4.78, 5) is 24.7. The van der Waals surface area contributed by atoms with Gasteiger partial charge in [0.05, 0.1) is 39.4 Å². The topological polar surface area (TPSA) is 96.2 Å². The molecule has 46 heavy (non-hydrogen) atoms. The van der Waals surface area contributed by atoms with Crippen molar-refractivity contribution in [2.45, 2.75) is 91.1 Å². The van der Waals surface area contributed by atoms with Crippen molar-refractivity contribution >= 4 is 20.3 Å². The first-order chi connectivity index (χ1) is 21.6. The standard InChI is InChI=1S/C37H51NO7Si/c1-23-31(42-6)18-28(19-32(23)43-7)35(45-46(9,10)37(3,4)5)30(17-25-15-26-13-11-12-14-27(26)16-25)22-38-21-29(20-33(39)44-8)34(24(38)2)36(40)41/h11-14,18-19,21,25,30,35H,15-17,20,22H2,1-10H3,(H,40,41)/t30-,35+/m0/s1. The summed E-state index contributed by atoms with van der Waals surface area (Å²) in [6.45, 7) is 15.6. The van der Waals surface area contributed by atoms with Crippen LogP contribution in [-0.4, -0.2) is 51.3 Å². The van der Waals surface area contributed by atoms with Crippen LogP contribution < -0.4 is 9.47 Å². The van der Waals surface area contributed by atoms with E-state index in [2.05, 4.69) is 70.3 Å². The number of carbonyl (C=O) groups excluding carboxylic acids is 1. The monoisotopic (exact) mass is 649 g/mol. The Morgan fingerprint density at radius 2 is 1.57 bits per heavy atom. The van der Waals surface area contributed by atoms with Crippen molar-refractivity contribution in [1.29, 1.82) is 0 Å². The van der Waals surface area contributed by atoms with Crippen LogP contribution in [0, 0.1) is 25.7 Å². The molecule has 0 saturated carbocycles. The molecule has 0 radical (unpaired) electrons. The lowest BCUT2D eigenvalue weighted by Gasteiger charge is -2.42. The van der Waals surface area contributed by atoms with Gasteiger partial charge in [-0.25, -0.2) is 4.79 Å². The Morgan fingerprint density at radius 3 is 2.04 bits per heavy atom. The number of carboxylic acids is 1. The molecule has 0 bridgehead atoms. The Balaban J connectivity index is 1.87. The molecule has 8 nitrogen and oxygen atoms in total. The van der Waals surface area contributed by atoms with Gasteiger partial charge in [-0.1, -0.05) is 45.0 Å². The first kappa shape index (κ1) is 35.3. The third kappa shape index (κ3) is 7.52. The van der Waals surface area contributed by atoms with Crippen molar-refractivity contribution in [3.05, 3.63) is 81.7 Å². The molecule has 2 aromatic carbocycles. The smallest absolute Gasteiger partial charge is 0.337 e. The number of benzene rings is 2. The highest BCUT2D eigenvalue weighted by Gasteiger charge is 2.42. The molecule has 0 unspecified atom stereocenters. The van der Waals surface area contributed by atoms with Crippen LogP contribution in [0.3, 0.4) is 0 Å². The highest BCUT2D eigenvalue weighted by molar-refractivity contribution is 6.74. The van der Waals surface area contributed by atoms with Gasteiger partial charge in [-0.3, -0.25) is 4.79 Å². The number of aromatic carboxylic acids is 1. The second-order valence-corrected chi connectivity index (χ2v) is 19.0. The average molecular weight is 650 g/mol. The van der Waals surface area contributed by atoms with E-state index in [1.54, 1.807) is 14.2 Å². The maximum atomic E-state index is 12.4. The summed E-state index contributed by atoms with van der Waals surface area (Å²) in [5, 5.41) is 10.1. The fraction of sp³-hybridized carbons (Fsp3) is 0.514. The third-order valence-electron chi connectivity index (χ3n) is 10.2. The molecule has 0 saturated heterocycles. The summed E-state index contributed by atoms with van der Waals surface area (Å²) >= 11 is 0. The van der Waals surface area contributed by atoms with Crippen LogP contribution >= 0.6 is 0 Å². The summed E-state index contributed by atoms with van der Waals surface area (Å²) in [6.07, 6.45) is 4.21. The van der Waals surface area contributed by atoms with Gasteiger partial charge in [-0.05, 0) is 91.5 Å². The zero-order chi connectivity index (χ0) is 34.0. The first-order valence-corrected chi connectivity index (χ1v) is 19.0. The summed E-state index contributed by atoms with van der Waals surface area (Å²) in [5.41, 5.74) is 5.87. The molecule has 2 atom stereocenters. The predicted octanol–water partition coefficient (Wildman–Crippen LogP) is 7.72. The number of carboxylic acid groups (broad SMARTS) is 1. The Hall–Kier alpha value is -3.56. The van der Waals surface area contributed by atoms with Crippen LogP contribution in [0.2, 0.25) is 18.1 Å². The molecular formula is C37H51NO7Si. The van der Waals surface area contributed by atoms with Gasteiger partial charge in [0, 0.05) is 29.9 Å². The Labute approximate surface area is 275 Å². The van der Waals surface area contributed by atoms with E-state index in [-0.39, 0.29) is 29.0 Å². The number of hydrogen-bond acceptors (Lipinski definition) is 6. The first-order valence-electron chi connectivity index (χ1n) is 16.1. The van der Waals surface area contributed by atoms with Crippen LogP contribution in [0.25, 0.3) is 0 Å². The van der Waals surface area contributed by atoms with Gasteiger partial charge in [0.15, 0.2) is 8.32 Å². The second-order valence-electron chi connectivity index (χ2n) is 14.2. The lowest BCUT2D eigenvalue weighted by atomic mass is 9.85. The molecule has 1 aliphatic rings. The van der Waals surface area contributed by atoms with E-state index in [0.29, 0.717) is 23.7 Å². The molecule has 1 aliphatic carbocycles. The quantitative estimate of drug-likeness (QED) is 0.150. The van der Waals surface area contributed by atoms with Crippen molar-refractivity contribution in [1.82, 2.24) is 4.57 Å². The van der Waals surface area contributed by atoms with Gasteiger partial charge in [-0.2, -0.15) is 0 Å². The van der Waals surface area contributed by atoms with Crippen LogP contribution in [0.1, 0.15) is 77.2 Å². The molecule has 1 N–H and O–H groups in total. The maximum absolute atomic E-state index is 12.4. The molecule has 0 amide bonds. The lowest BCUT2D eigenvalue weighted by molar-refractivity contribution is -0.139. The number of carbonyl (C=O) groups is 2. The molecule has 9 heteroatoms. The largest absolute Gasteiger partial charge is 0.496 e. The van der Waals surface area contributed by atoms with Crippen molar-refractivity contribution in [3.63, 3.8) is 0 Å². The number of aromatic nitrogens is 1. The summed E-state index contributed by atoms with van der Waals surface area (Å²) < 4.78 is 25.9. The number of nitrogens with zero attached hydrogens (tertiary/aromatic N) is 1. The van der Waals surface area contributed by atoms with Gasteiger partial charge in [0.1, 0.15) is 11.5 Å². The summed E-state index contributed by atoms with van der Waals surface area (Å²) in [5.74, 6) is 0.292. The molecule has 0 aliphatic heterocycles. The predicted molar refractivity (Wildman–Crippen MR) is 183 cm³/mol. The van der Waals surface area contributed by atoms with Gasteiger partial charge < -0.3 is 28.3 Å². The summed E-state index contributed by atoms with van der Waals surface area (Å²) in [7, 11) is 2.32.